The van der Waals surface area contributed by atoms with Gasteiger partial charge in [-0.3, -0.25) is 0 Å². The molecule has 1 unspecified atom stereocenters. The molecule has 1 aromatic rings. The van der Waals surface area contributed by atoms with Gasteiger partial charge in [-0.15, -0.1) is 0 Å². The van der Waals surface area contributed by atoms with Gasteiger partial charge in [0, 0.05) is 18.8 Å². The second kappa shape index (κ2) is 3.77. The SMILES string of the molecule is O=C(O)C(O)Cc1ncccn1. The molecule has 0 saturated heterocycles. The number of hydrogen-bond acceptors (Lipinski definition) is 4. The van der Waals surface area contributed by atoms with Crippen LogP contribution in [0.3, 0.4) is 0 Å². The highest BCUT2D eigenvalue weighted by atomic mass is 16.4. The number of nitrogens with zero attached hydrogens (tertiary/aromatic N) is 2. The van der Waals surface area contributed by atoms with Crippen molar-refractivity contribution in [3.63, 3.8) is 0 Å². The van der Waals surface area contributed by atoms with E-state index in [2.05, 4.69) is 9.97 Å². The van der Waals surface area contributed by atoms with E-state index in [0.717, 1.165) is 0 Å². The van der Waals surface area contributed by atoms with Crippen LogP contribution < -0.4 is 0 Å². The van der Waals surface area contributed by atoms with Crippen LogP contribution in [0.25, 0.3) is 0 Å². The van der Waals surface area contributed by atoms with Crippen molar-refractivity contribution in [3.05, 3.63) is 24.3 Å². The van der Waals surface area contributed by atoms with Crippen molar-refractivity contribution in [2.75, 3.05) is 0 Å². The third kappa shape index (κ3) is 2.28. The van der Waals surface area contributed by atoms with Crippen LogP contribution in [0.4, 0.5) is 0 Å². The van der Waals surface area contributed by atoms with Crippen LogP contribution in [0.2, 0.25) is 0 Å². The Morgan fingerprint density at radius 1 is 1.50 bits per heavy atom. The average Bonchev–Trinajstić information content (AvgIpc) is 2.06. The molecular weight excluding hydrogens is 160 g/mol. The summed E-state index contributed by atoms with van der Waals surface area (Å²) >= 11 is 0. The topological polar surface area (TPSA) is 83.3 Å². The zero-order valence-electron chi connectivity index (χ0n) is 6.21. The largest absolute Gasteiger partial charge is 0.479 e. The molecule has 1 rings (SSSR count). The number of aliphatic hydroxyl groups excluding tert-OH is 1. The first-order valence-electron chi connectivity index (χ1n) is 3.37. The molecule has 1 aromatic heterocycles. The number of rotatable bonds is 3. The van der Waals surface area contributed by atoms with Crippen molar-refractivity contribution in [1.82, 2.24) is 9.97 Å². The summed E-state index contributed by atoms with van der Waals surface area (Å²) in [7, 11) is 0. The van der Waals surface area contributed by atoms with E-state index in [0.29, 0.717) is 5.82 Å². The molecule has 0 aliphatic rings. The molecule has 0 aromatic carbocycles. The maximum atomic E-state index is 10.2. The van der Waals surface area contributed by atoms with E-state index in [-0.39, 0.29) is 6.42 Å². The van der Waals surface area contributed by atoms with Crippen molar-refractivity contribution in [2.45, 2.75) is 12.5 Å². The van der Waals surface area contributed by atoms with Crippen LogP contribution in [-0.4, -0.2) is 32.3 Å². The second-order valence-corrected chi connectivity index (χ2v) is 2.22. The van der Waals surface area contributed by atoms with Gasteiger partial charge < -0.3 is 10.2 Å². The van der Waals surface area contributed by atoms with Crippen molar-refractivity contribution in [1.29, 1.82) is 0 Å². The fourth-order valence-corrected chi connectivity index (χ4v) is 0.696. The summed E-state index contributed by atoms with van der Waals surface area (Å²) in [5.74, 6) is -0.935. The minimum absolute atomic E-state index is 0.0594. The highest BCUT2D eigenvalue weighted by Crippen LogP contribution is 1.94. The van der Waals surface area contributed by atoms with Gasteiger partial charge in [0.25, 0.3) is 0 Å². The van der Waals surface area contributed by atoms with Gasteiger partial charge >= 0.3 is 5.97 Å². The lowest BCUT2D eigenvalue weighted by Crippen LogP contribution is -2.22. The molecule has 12 heavy (non-hydrogen) atoms. The maximum absolute atomic E-state index is 10.2. The predicted octanol–water partition coefficient (Wildman–Crippen LogP) is -0.535. The van der Waals surface area contributed by atoms with Gasteiger partial charge in [0.05, 0.1) is 0 Å². The molecular formula is C7H8N2O3. The third-order valence-electron chi connectivity index (χ3n) is 1.28. The van der Waals surface area contributed by atoms with E-state index in [9.17, 15) is 4.79 Å². The molecule has 0 spiro atoms. The Bertz CT molecular complexity index is 263. The van der Waals surface area contributed by atoms with Crippen LogP contribution in [0.1, 0.15) is 5.82 Å². The van der Waals surface area contributed by atoms with Gasteiger partial charge in [0.2, 0.25) is 0 Å². The van der Waals surface area contributed by atoms with E-state index < -0.39 is 12.1 Å². The van der Waals surface area contributed by atoms with Crippen LogP contribution in [0.5, 0.6) is 0 Å². The fraction of sp³-hybridized carbons (Fsp3) is 0.286. The van der Waals surface area contributed by atoms with E-state index in [4.69, 9.17) is 10.2 Å². The normalized spacial score (nSPS) is 12.4. The zero-order chi connectivity index (χ0) is 8.97. The number of carboxylic acid groups (broad SMARTS) is 1. The molecule has 5 nitrogen and oxygen atoms in total. The zero-order valence-corrected chi connectivity index (χ0v) is 6.21. The summed E-state index contributed by atoms with van der Waals surface area (Å²) in [5.41, 5.74) is 0. The maximum Gasteiger partial charge on any atom is 0.332 e. The Labute approximate surface area is 68.7 Å². The third-order valence-corrected chi connectivity index (χ3v) is 1.28. The van der Waals surface area contributed by atoms with Gasteiger partial charge in [-0.25, -0.2) is 14.8 Å². The van der Waals surface area contributed by atoms with Crippen molar-refractivity contribution in [3.8, 4) is 0 Å². The first-order valence-corrected chi connectivity index (χ1v) is 3.37. The summed E-state index contributed by atoms with van der Waals surface area (Å²) in [4.78, 5) is 17.7. The summed E-state index contributed by atoms with van der Waals surface area (Å²) in [5, 5.41) is 17.2. The van der Waals surface area contributed by atoms with Gasteiger partial charge in [-0.05, 0) is 6.07 Å². The Kier molecular flexibility index (Phi) is 2.71. The number of aromatic nitrogens is 2. The van der Waals surface area contributed by atoms with Crippen LogP contribution >= 0.6 is 0 Å². The first-order chi connectivity index (χ1) is 5.70. The smallest absolute Gasteiger partial charge is 0.332 e. The van der Waals surface area contributed by atoms with Crippen LogP contribution in [0, 0.1) is 0 Å². The second-order valence-electron chi connectivity index (χ2n) is 2.22. The number of carboxylic acids is 1. The van der Waals surface area contributed by atoms with Gasteiger partial charge in [-0.2, -0.15) is 0 Å². The lowest BCUT2D eigenvalue weighted by Gasteiger charge is -2.02. The molecule has 64 valence electrons. The van der Waals surface area contributed by atoms with E-state index in [1.807, 2.05) is 0 Å². The fourth-order valence-electron chi connectivity index (χ4n) is 0.696. The van der Waals surface area contributed by atoms with Gasteiger partial charge in [0.1, 0.15) is 5.82 Å². The number of carbonyl (C=O) groups is 1. The summed E-state index contributed by atoms with van der Waals surface area (Å²) in [6, 6.07) is 1.62. The minimum Gasteiger partial charge on any atom is -0.479 e. The standard InChI is InChI=1S/C7H8N2O3/c10-5(7(11)12)4-6-8-2-1-3-9-6/h1-3,5,10H,4H2,(H,11,12). The van der Waals surface area contributed by atoms with Crippen molar-refractivity contribution >= 4 is 5.97 Å². The lowest BCUT2D eigenvalue weighted by molar-refractivity contribution is -0.146. The molecule has 0 saturated carbocycles. The molecule has 0 radical (unpaired) electrons. The van der Waals surface area contributed by atoms with E-state index in [1.54, 1.807) is 6.07 Å². The number of aliphatic hydroxyl groups is 1. The molecule has 0 fully saturated rings. The molecule has 2 N–H and O–H groups in total. The Balaban J connectivity index is 2.58. The van der Waals surface area contributed by atoms with Crippen molar-refractivity contribution < 1.29 is 15.0 Å². The number of aliphatic carboxylic acids is 1. The molecule has 1 atom stereocenters. The molecule has 5 heteroatoms. The molecule has 0 bridgehead atoms. The van der Waals surface area contributed by atoms with Crippen LogP contribution in [-0.2, 0) is 11.2 Å². The lowest BCUT2D eigenvalue weighted by atomic mass is 10.2. The highest BCUT2D eigenvalue weighted by Gasteiger charge is 2.14. The van der Waals surface area contributed by atoms with Crippen molar-refractivity contribution in [2.24, 2.45) is 0 Å². The molecule has 0 aliphatic carbocycles. The number of hydrogen-bond donors (Lipinski definition) is 2. The Hall–Kier alpha value is -1.49. The highest BCUT2D eigenvalue weighted by molar-refractivity contribution is 5.72. The minimum atomic E-state index is -1.42. The van der Waals surface area contributed by atoms with Gasteiger partial charge in [-0.1, -0.05) is 0 Å². The monoisotopic (exact) mass is 168 g/mol. The first kappa shape index (κ1) is 8.61. The average molecular weight is 168 g/mol. The Morgan fingerprint density at radius 2 is 2.08 bits per heavy atom. The Morgan fingerprint density at radius 3 is 2.58 bits per heavy atom. The summed E-state index contributed by atoms with van der Waals surface area (Å²) < 4.78 is 0. The predicted molar refractivity (Wildman–Crippen MR) is 39.4 cm³/mol. The molecule has 1 heterocycles. The summed E-state index contributed by atoms with van der Waals surface area (Å²) in [6.07, 6.45) is 1.51. The van der Waals surface area contributed by atoms with E-state index >= 15 is 0 Å². The molecule has 0 amide bonds. The molecule has 0 aliphatic heterocycles. The van der Waals surface area contributed by atoms with E-state index in [1.165, 1.54) is 12.4 Å². The summed E-state index contributed by atoms with van der Waals surface area (Å²) in [6.45, 7) is 0. The van der Waals surface area contributed by atoms with Gasteiger partial charge in [0.15, 0.2) is 6.10 Å². The quantitative estimate of drug-likeness (QED) is 0.633. The van der Waals surface area contributed by atoms with Crippen LogP contribution in [0.15, 0.2) is 18.5 Å².